The third-order valence-corrected chi connectivity index (χ3v) is 5.01. The number of nitrogens with zero attached hydrogens (tertiary/aromatic N) is 4. The Hall–Kier alpha value is -3.52. The summed E-state index contributed by atoms with van der Waals surface area (Å²) in [6.45, 7) is 1.82. The van der Waals surface area contributed by atoms with E-state index in [9.17, 15) is 13.6 Å². The largest absolute Gasteiger partial charge is 0.352 e. The molecule has 1 N–H and O–H groups in total. The topological polar surface area (TPSA) is 54.6 Å². The van der Waals surface area contributed by atoms with Crippen LogP contribution in [0.15, 0.2) is 61.1 Å². The van der Waals surface area contributed by atoms with E-state index >= 15 is 0 Å². The second-order valence-electron chi connectivity index (χ2n) is 7.61. The molecule has 4 aromatic rings. The van der Waals surface area contributed by atoms with Crippen LogP contribution in [0.25, 0.3) is 16.9 Å². The number of carbonyl (C=O) groups excluding carboxylic acids is 1. The molecule has 4 rings (SSSR count). The van der Waals surface area contributed by atoms with E-state index in [1.54, 1.807) is 0 Å². The van der Waals surface area contributed by atoms with E-state index in [2.05, 4.69) is 19.8 Å². The van der Waals surface area contributed by atoms with E-state index in [0.717, 1.165) is 30.8 Å². The van der Waals surface area contributed by atoms with Gasteiger partial charge in [-0.1, -0.05) is 12.1 Å². The number of hydrogen-bond acceptors (Lipinski definition) is 3. The average molecular weight is 423 g/mol. The molecule has 160 valence electrons. The minimum Gasteiger partial charge on any atom is -0.352 e. The van der Waals surface area contributed by atoms with Crippen LogP contribution in [0.2, 0.25) is 0 Å². The van der Waals surface area contributed by atoms with Crippen molar-refractivity contribution in [1.82, 2.24) is 24.2 Å². The zero-order valence-electron chi connectivity index (χ0n) is 17.3. The van der Waals surface area contributed by atoms with Crippen molar-refractivity contribution in [2.75, 3.05) is 20.6 Å². The maximum absolute atomic E-state index is 13.4. The van der Waals surface area contributed by atoms with Gasteiger partial charge in [0.1, 0.15) is 5.82 Å². The summed E-state index contributed by atoms with van der Waals surface area (Å²) in [5, 5.41) is 2.74. The van der Waals surface area contributed by atoms with Crippen LogP contribution >= 0.6 is 0 Å². The van der Waals surface area contributed by atoms with Crippen LogP contribution < -0.4 is 5.32 Å². The lowest BCUT2D eigenvalue weighted by Gasteiger charge is -2.09. The zero-order valence-corrected chi connectivity index (χ0v) is 17.3. The lowest BCUT2D eigenvalue weighted by Crippen LogP contribution is -2.23. The van der Waals surface area contributed by atoms with Crippen LogP contribution in [-0.4, -0.2) is 45.4 Å². The third kappa shape index (κ3) is 4.49. The molecule has 3 aromatic heterocycles. The molecule has 3 heterocycles. The highest BCUT2D eigenvalue weighted by Crippen LogP contribution is 2.23. The number of rotatable bonds is 7. The van der Waals surface area contributed by atoms with E-state index < -0.39 is 11.6 Å². The van der Waals surface area contributed by atoms with Gasteiger partial charge in [-0.15, -0.1) is 0 Å². The zero-order chi connectivity index (χ0) is 22.0. The van der Waals surface area contributed by atoms with Gasteiger partial charge in [-0.2, -0.15) is 0 Å². The molecule has 0 spiro atoms. The number of fused-ring (bicyclic) bond motifs is 1. The molecule has 8 heteroatoms. The van der Waals surface area contributed by atoms with Crippen LogP contribution in [0.1, 0.15) is 16.1 Å². The number of halogens is 2. The van der Waals surface area contributed by atoms with Crippen molar-refractivity contribution in [2.45, 2.75) is 13.1 Å². The molecule has 1 amide bonds. The van der Waals surface area contributed by atoms with Crippen molar-refractivity contribution in [1.29, 1.82) is 0 Å². The Kier molecular flexibility index (Phi) is 5.81. The second-order valence-corrected chi connectivity index (χ2v) is 7.61. The summed E-state index contributed by atoms with van der Waals surface area (Å²) in [5.74, 6) is -1.58. The summed E-state index contributed by atoms with van der Waals surface area (Å²) in [5.41, 5.74) is 2.31. The highest BCUT2D eigenvalue weighted by molar-refractivity contribution is 6.00. The quantitative estimate of drug-likeness (QED) is 0.495. The highest BCUT2D eigenvalue weighted by Gasteiger charge is 2.19. The lowest BCUT2D eigenvalue weighted by molar-refractivity contribution is 0.0948. The molecular formula is C23H23F2N5O. The Morgan fingerprint density at radius 3 is 2.71 bits per heavy atom. The summed E-state index contributed by atoms with van der Waals surface area (Å²) < 4.78 is 30.5. The minimum atomic E-state index is -0.944. The van der Waals surface area contributed by atoms with E-state index in [-0.39, 0.29) is 18.1 Å². The van der Waals surface area contributed by atoms with E-state index in [1.165, 1.54) is 6.07 Å². The molecule has 0 unspecified atom stereocenters. The maximum atomic E-state index is 13.4. The van der Waals surface area contributed by atoms with Gasteiger partial charge in [0.25, 0.3) is 5.91 Å². The fraction of sp³-hybridized carbons (Fsp3) is 0.217. The van der Waals surface area contributed by atoms with Gasteiger partial charge in [0, 0.05) is 43.8 Å². The molecule has 0 atom stereocenters. The molecule has 0 saturated carbocycles. The van der Waals surface area contributed by atoms with Crippen LogP contribution in [0.3, 0.4) is 0 Å². The first-order valence-electron chi connectivity index (χ1n) is 9.92. The molecule has 0 aliphatic heterocycles. The van der Waals surface area contributed by atoms with Crippen molar-refractivity contribution in [2.24, 2.45) is 0 Å². The third-order valence-electron chi connectivity index (χ3n) is 5.01. The Morgan fingerprint density at radius 1 is 1.10 bits per heavy atom. The van der Waals surface area contributed by atoms with Gasteiger partial charge in [-0.3, -0.25) is 9.20 Å². The second kappa shape index (κ2) is 8.69. The molecular weight excluding hydrogens is 400 g/mol. The summed E-state index contributed by atoms with van der Waals surface area (Å²) in [4.78, 5) is 19.6. The van der Waals surface area contributed by atoms with Gasteiger partial charge in [-0.05, 0) is 50.0 Å². The monoisotopic (exact) mass is 423 g/mol. The van der Waals surface area contributed by atoms with E-state index in [0.29, 0.717) is 16.9 Å². The first-order chi connectivity index (χ1) is 14.9. The number of imidazole rings is 1. The molecule has 31 heavy (non-hydrogen) atoms. The van der Waals surface area contributed by atoms with E-state index in [4.69, 9.17) is 0 Å². The predicted octanol–water partition coefficient (Wildman–Crippen LogP) is 3.57. The first-order valence-corrected chi connectivity index (χ1v) is 9.92. The van der Waals surface area contributed by atoms with Gasteiger partial charge in [0.2, 0.25) is 0 Å². The molecule has 0 fully saturated rings. The molecule has 6 nitrogen and oxygen atoms in total. The number of benzene rings is 1. The number of nitrogens with one attached hydrogen (secondary N) is 1. The molecule has 0 bridgehead atoms. The number of hydrogen-bond donors (Lipinski definition) is 1. The van der Waals surface area contributed by atoms with Crippen molar-refractivity contribution >= 4 is 11.4 Å². The molecule has 0 radical (unpaired) electrons. The minimum absolute atomic E-state index is 0.0676. The maximum Gasteiger partial charge on any atom is 0.272 e. The lowest BCUT2D eigenvalue weighted by atomic mass is 10.2. The molecule has 0 saturated heterocycles. The number of aromatic nitrogens is 3. The molecule has 1 aromatic carbocycles. The highest BCUT2D eigenvalue weighted by atomic mass is 19.2. The fourth-order valence-electron chi connectivity index (χ4n) is 3.35. The van der Waals surface area contributed by atoms with Crippen LogP contribution in [0.4, 0.5) is 8.78 Å². The van der Waals surface area contributed by atoms with Gasteiger partial charge < -0.3 is 14.8 Å². The average Bonchev–Trinajstić information content (AvgIpc) is 3.37. The van der Waals surface area contributed by atoms with E-state index in [1.807, 2.05) is 61.4 Å². The standard InChI is InChI=1S/C23H23F2N5O/c1-28(2)11-12-29-10-8-17(15-29)22-27-21(20-5-3-4-9-30(20)22)23(31)26-14-16-6-7-18(24)19(25)13-16/h3-10,13,15H,11-12,14H2,1-2H3,(H,26,31). The van der Waals surface area contributed by atoms with Gasteiger partial charge in [-0.25, -0.2) is 13.8 Å². The number of likely N-dealkylation sites (N-methyl/N-ethyl adjacent to an activating group) is 1. The summed E-state index contributed by atoms with van der Waals surface area (Å²) in [6.07, 6.45) is 5.86. The normalized spacial score (nSPS) is 11.4. The Labute approximate surface area is 178 Å². The van der Waals surface area contributed by atoms with Crippen LogP contribution in [-0.2, 0) is 13.1 Å². The molecule has 0 aliphatic rings. The summed E-state index contributed by atoms with van der Waals surface area (Å²) >= 11 is 0. The summed E-state index contributed by atoms with van der Waals surface area (Å²) in [6, 6.07) is 11.1. The fourth-order valence-corrected chi connectivity index (χ4v) is 3.35. The van der Waals surface area contributed by atoms with Crippen molar-refractivity contribution in [3.63, 3.8) is 0 Å². The van der Waals surface area contributed by atoms with Crippen molar-refractivity contribution in [3.8, 4) is 11.4 Å². The van der Waals surface area contributed by atoms with Crippen LogP contribution in [0, 0.1) is 11.6 Å². The number of pyridine rings is 1. The van der Waals surface area contributed by atoms with Gasteiger partial charge in [0.15, 0.2) is 17.3 Å². The SMILES string of the molecule is CN(C)CCn1ccc(-c2nc(C(=O)NCc3ccc(F)c(F)c3)c3ccccn23)c1. The Balaban J connectivity index is 1.59. The van der Waals surface area contributed by atoms with Crippen molar-refractivity contribution < 1.29 is 13.6 Å². The number of carbonyl (C=O) groups is 1. The summed E-state index contributed by atoms with van der Waals surface area (Å²) in [7, 11) is 4.05. The van der Waals surface area contributed by atoms with Gasteiger partial charge in [0.05, 0.1) is 5.52 Å². The number of amides is 1. The van der Waals surface area contributed by atoms with Gasteiger partial charge >= 0.3 is 0 Å². The smallest absolute Gasteiger partial charge is 0.272 e. The first kappa shape index (κ1) is 20.7. The van der Waals surface area contributed by atoms with Crippen molar-refractivity contribution in [3.05, 3.63) is 83.9 Å². The molecule has 0 aliphatic carbocycles. The Bertz CT molecular complexity index is 1230. The van der Waals surface area contributed by atoms with Crippen LogP contribution in [0.5, 0.6) is 0 Å². The predicted molar refractivity (Wildman–Crippen MR) is 115 cm³/mol. The Morgan fingerprint density at radius 2 is 1.94 bits per heavy atom.